The molecule has 2 aromatic rings. The van der Waals surface area contributed by atoms with E-state index < -0.39 is 0 Å². The molecule has 0 radical (unpaired) electrons. The van der Waals surface area contributed by atoms with Gasteiger partial charge in [0.2, 0.25) is 0 Å². The Balaban J connectivity index is 2.54. The molecule has 3 heteroatoms. The van der Waals surface area contributed by atoms with Crippen LogP contribution in [0.25, 0.3) is 11.3 Å². The molecule has 1 aromatic carbocycles. The van der Waals surface area contributed by atoms with E-state index >= 15 is 0 Å². The Morgan fingerprint density at radius 2 is 1.94 bits per heavy atom. The van der Waals surface area contributed by atoms with Crippen LogP contribution in [0.3, 0.4) is 0 Å². The second kappa shape index (κ2) is 4.76. The molecule has 88 valence electrons. The first kappa shape index (κ1) is 11.9. The smallest absolute Gasteiger partial charge is 0.252 e. The highest BCUT2D eigenvalue weighted by molar-refractivity contribution is 6.17. The van der Waals surface area contributed by atoms with Crippen LogP contribution in [0.2, 0.25) is 0 Å². The van der Waals surface area contributed by atoms with Gasteiger partial charge in [-0.2, -0.15) is 0 Å². The minimum atomic E-state index is -0.113. The maximum Gasteiger partial charge on any atom is 0.252 e. The summed E-state index contributed by atoms with van der Waals surface area (Å²) in [4.78, 5) is 14.5. The Kier molecular flexibility index (Phi) is 3.34. The maximum atomic E-state index is 11.7. The van der Waals surface area contributed by atoms with Crippen LogP contribution in [0.1, 0.15) is 16.7 Å². The van der Waals surface area contributed by atoms with Gasteiger partial charge in [-0.3, -0.25) is 4.79 Å². The van der Waals surface area contributed by atoms with Crippen molar-refractivity contribution >= 4 is 11.6 Å². The second-order valence-corrected chi connectivity index (χ2v) is 4.45. The zero-order chi connectivity index (χ0) is 12.4. The van der Waals surface area contributed by atoms with Crippen LogP contribution in [-0.2, 0) is 5.88 Å². The van der Waals surface area contributed by atoms with Crippen LogP contribution in [0.5, 0.6) is 0 Å². The van der Waals surface area contributed by atoms with Gasteiger partial charge in [-0.05, 0) is 25.5 Å². The van der Waals surface area contributed by atoms with Crippen molar-refractivity contribution in [2.45, 2.75) is 19.7 Å². The van der Waals surface area contributed by atoms with Crippen molar-refractivity contribution in [1.29, 1.82) is 0 Å². The molecule has 0 bridgehead atoms. The number of aromatic amines is 1. The summed E-state index contributed by atoms with van der Waals surface area (Å²) in [5, 5.41) is 0. The van der Waals surface area contributed by atoms with Gasteiger partial charge in [-0.1, -0.05) is 29.8 Å². The van der Waals surface area contributed by atoms with E-state index in [0.29, 0.717) is 5.56 Å². The lowest BCUT2D eigenvalue weighted by atomic mass is 10.0. The van der Waals surface area contributed by atoms with E-state index in [4.69, 9.17) is 11.6 Å². The first-order valence-electron chi connectivity index (χ1n) is 5.47. The Labute approximate surface area is 105 Å². The van der Waals surface area contributed by atoms with Gasteiger partial charge in [0.05, 0.1) is 5.88 Å². The Morgan fingerprint density at radius 1 is 1.18 bits per heavy atom. The molecule has 0 aliphatic heterocycles. The molecule has 17 heavy (non-hydrogen) atoms. The van der Waals surface area contributed by atoms with Crippen molar-refractivity contribution in [3.63, 3.8) is 0 Å². The highest BCUT2D eigenvalue weighted by Crippen LogP contribution is 2.21. The minimum Gasteiger partial charge on any atom is -0.322 e. The predicted molar refractivity (Wildman–Crippen MR) is 71.5 cm³/mol. The van der Waals surface area contributed by atoms with E-state index in [9.17, 15) is 4.79 Å². The van der Waals surface area contributed by atoms with Gasteiger partial charge in [0.1, 0.15) is 0 Å². The zero-order valence-corrected chi connectivity index (χ0v) is 10.6. The normalized spacial score (nSPS) is 10.5. The summed E-state index contributed by atoms with van der Waals surface area (Å²) in [5.41, 5.74) is 4.73. The lowest BCUT2D eigenvalue weighted by Crippen LogP contribution is -2.11. The Hall–Kier alpha value is -1.54. The predicted octanol–water partition coefficient (Wildman–Crippen LogP) is 3.40. The molecule has 0 fully saturated rings. The maximum absolute atomic E-state index is 11.7. The molecule has 0 aliphatic carbocycles. The van der Waals surface area contributed by atoms with Crippen molar-refractivity contribution in [2.75, 3.05) is 0 Å². The number of alkyl halides is 1. The summed E-state index contributed by atoms with van der Waals surface area (Å²) >= 11 is 5.66. The fourth-order valence-electron chi connectivity index (χ4n) is 1.88. The van der Waals surface area contributed by atoms with E-state index in [1.165, 1.54) is 5.56 Å². The van der Waals surface area contributed by atoms with Crippen LogP contribution in [0.15, 0.2) is 35.1 Å². The van der Waals surface area contributed by atoms with E-state index in [2.05, 4.69) is 18.0 Å². The summed E-state index contributed by atoms with van der Waals surface area (Å²) in [6.07, 6.45) is 0. The lowest BCUT2D eigenvalue weighted by molar-refractivity contribution is 1.16. The van der Waals surface area contributed by atoms with Gasteiger partial charge >= 0.3 is 0 Å². The zero-order valence-electron chi connectivity index (χ0n) is 9.88. The molecule has 0 atom stereocenters. The fraction of sp³-hybridized carbons (Fsp3) is 0.214. The SMILES string of the molecule is Cc1ccc(-c2ccc(CCl)c(=O)[nH]2)c(C)c1. The van der Waals surface area contributed by atoms with Gasteiger partial charge < -0.3 is 4.98 Å². The first-order chi connectivity index (χ1) is 8.11. The van der Waals surface area contributed by atoms with Crippen LogP contribution < -0.4 is 5.56 Å². The summed E-state index contributed by atoms with van der Waals surface area (Å²) < 4.78 is 0. The van der Waals surface area contributed by atoms with Crippen LogP contribution in [0, 0.1) is 13.8 Å². The van der Waals surface area contributed by atoms with E-state index in [1.807, 2.05) is 25.1 Å². The third-order valence-corrected chi connectivity index (χ3v) is 3.10. The largest absolute Gasteiger partial charge is 0.322 e. The highest BCUT2D eigenvalue weighted by atomic mass is 35.5. The number of pyridine rings is 1. The minimum absolute atomic E-state index is 0.113. The number of hydrogen-bond donors (Lipinski definition) is 1. The average Bonchev–Trinajstić information content (AvgIpc) is 2.29. The molecule has 0 saturated carbocycles. The summed E-state index contributed by atoms with van der Waals surface area (Å²) in [6, 6.07) is 9.84. The molecular formula is C14H14ClNO. The fourth-order valence-corrected chi connectivity index (χ4v) is 2.09. The molecule has 0 unspecified atom stereocenters. The van der Waals surface area contributed by atoms with Crippen molar-refractivity contribution in [2.24, 2.45) is 0 Å². The van der Waals surface area contributed by atoms with Gasteiger partial charge in [0.25, 0.3) is 5.56 Å². The van der Waals surface area contributed by atoms with Crippen LogP contribution >= 0.6 is 11.6 Å². The molecule has 2 nitrogen and oxygen atoms in total. The lowest BCUT2D eigenvalue weighted by Gasteiger charge is -2.07. The standard InChI is InChI=1S/C14H14ClNO/c1-9-3-5-12(10(2)7-9)13-6-4-11(8-15)14(17)16-13/h3-7H,8H2,1-2H3,(H,16,17). The summed E-state index contributed by atoms with van der Waals surface area (Å²) in [5.74, 6) is 0.239. The molecule has 2 rings (SSSR count). The molecule has 0 amide bonds. The quantitative estimate of drug-likeness (QED) is 0.811. The number of rotatable bonds is 2. The van der Waals surface area contributed by atoms with Crippen molar-refractivity contribution in [1.82, 2.24) is 4.98 Å². The van der Waals surface area contributed by atoms with Crippen LogP contribution in [0.4, 0.5) is 0 Å². The van der Waals surface area contributed by atoms with Gasteiger partial charge in [0.15, 0.2) is 0 Å². The Bertz CT molecular complexity index is 601. The number of nitrogens with one attached hydrogen (secondary N) is 1. The first-order valence-corrected chi connectivity index (χ1v) is 6.01. The Morgan fingerprint density at radius 3 is 2.53 bits per heavy atom. The van der Waals surface area contributed by atoms with E-state index in [0.717, 1.165) is 16.8 Å². The molecule has 1 aromatic heterocycles. The number of aromatic nitrogens is 1. The average molecular weight is 248 g/mol. The van der Waals surface area contributed by atoms with E-state index in [1.54, 1.807) is 6.07 Å². The van der Waals surface area contributed by atoms with E-state index in [-0.39, 0.29) is 11.4 Å². The third kappa shape index (κ3) is 2.42. The van der Waals surface area contributed by atoms with Gasteiger partial charge in [-0.25, -0.2) is 0 Å². The molecular weight excluding hydrogens is 234 g/mol. The molecule has 0 aliphatic rings. The number of halogens is 1. The number of H-pyrrole nitrogens is 1. The highest BCUT2D eigenvalue weighted by Gasteiger charge is 2.05. The van der Waals surface area contributed by atoms with Gasteiger partial charge in [0, 0.05) is 16.8 Å². The van der Waals surface area contributed by atoms with Crippen molar-refractivity contribution < 1.29 is 0 Å². The molecule has 1 heterocycles. The van der Waals surface area contributed by atoms with Crippen molar-refractivity contribution in [3.8, 4) is 11.3 Å². The molecule has 0 saturated heterocycles. The topological polar surface area (TPSA) is 32.9 Å². The third-order valence-electron chi connectivity index (χ3n) is 2.81. The second-order valence-electron chi connectivity index (χ2n) is 4.18. The van der Waals surface area contributed by atoms with Gasteiger partial charge in [-0.15, -0.1) is 11.6 Å². The number of benzene rings is 1. The van der Waals surface area contributed by atoms with Crippen LogP contribution in [-0.4, -0.2) is 4.98 Å². The monoisotopic (exact) mass is 247 g/mol. The summed E-state index contributed by atoms with van der Waals surface area (Å²) in [6.45, 7) is 4.09. The molecule has 1 N–H and O–H groups in total. The number of aryl methyl sites for hydroxylation is 2. The molecule has 0 spiro atoms. The summed E-state index contributed by atoms with van der Waals surface area (Å²) in [7, 11) is 0. The van der Waals surface area contributed by atoms with Crippen molar-refractivity contribution in [3.05, 3.63) is 57.4 Å². The number of hydrogen-bond acceptors (Lipinski definition) is 1.